The fourth-order valence-corrected chi connectivity index (χ4v) is 3.10. The lowest BCUT2D eigenvalue weighted by Crippen LogP contribution is -2.66. The summed E-state index contributed by atoms with van der Waals surface area (Å²) in [6.07, 6.45) is 3.39. The molecule has 5 nitrogen and oxygen atoms in total. The van der Waals surface area contributed by atoms with Gasteiger partial charge in [-0.25, -0.2) is 0 Å². The molecule has 3 rings (SSSR count). The Morgan fingerprint density at radius 3 is 2.67 bits per heavy atom. The van der Waals surface area contributed by atoms with Crippen molar-refractivity contribution in [3.05, 3.63) is 0 Å². The molecule has 0 aromatic carbocycles. The predicted octanol–water partition coefficient (Wildman–Crippen LogP) is 0.291. The van der Waals surface area contributed by atoms with Crippen LogP contribution in [0, 0.1) is 5.92 Å². The Kier molecular flexibility index (Phi) is 2.62. The lowest BCUT2D eigenvalue weighted by Gasteiger charge is -2.41. The number of rotatable bonds is 2. The van der Waals surface area contributed by atoms with Gasteiger partial charge in [-0.2, -0.15) is 0 Å². The minimum Gasteiger partial charge on any atom is -0.376 e. The fourth-order valence-electron chi connectivity index (χ4n) is 3.10. The molecule has 3 fully saturated rings. The average molecular weight is 252 g/mol. The van der Waals surface area contributed by atoms with Crippen molar-refractivity contribution in [3.8, 4) is 0 Å². The molecule has 5 heteroatoms. The van der Waals surface area contributed by atoms with E-state index >= 15 is 0 Å². The van der Waals surface area contributed by atoms with Gasteiger partial charge in [0.2, 0.25) is 11.8 Å². The maximum atomic E-state index is 12.4. The minimum absolute atomic E-state index is 0.0169. The molecule has 0 bridgehead atoms. The highest BCUT2D eigenvalue weighted by molar-refractivity contribution is 5.97. The van der Waals surface area contributed by atoms with Gasteiger partial charge in [-0.1, -0.05) is 0 Å². The molecule has 1 aliphatic carbocycles. The normalized spacial score (nSPS) is 35.8. The summed E-state index contributed by atoms with van der Waals surface area (Å²) in [4.78, 5) is 25.9. The lowest BCUT2D eigenvalue weighted by atomic mass is 9.96. The standard InChI is InChI=1S/C13H20N2O3/c1-13(2)12(17)15(7-10(16)14-13)9-5-6-18-11(9)8-3-4-8/h8-9,11H,3-7H2,1-2H3,(H,14,16). The van der Waals surface area contributed by atoms with Gasteiger partial charge in [0.1, 0.15) is 12.1 Å². The molecule has 2 atom stereocenters. The number of piperazine rings is 1. The van der Waals surface area contributed by atoms with Gasteiger partial charge in [-0.05, 0) is 39.0 Å². The first-order chi connectivity index (χ1) is 8.49. The average Bonchev–Trinajstić information content (AvgIpc) is 3.01. The molecule has 2 amide bonds. The summed E-state index contributed by atoms with van der Waals surface area (Å²) >= 11 is 0. The van der Waals surface area contributed by atoms with Crippen molar-refractivity contribution in [3.63, 3.8) is 0 Å². The van der Waals surface area contributed by atoms with Crippen LogP contribution in [0.25, 0.3) is 0 Å². The van der Waals surface area contributed by atoms with Gasteiger partial charge >= 0.3 is 0 Å². The van der Waals surface area contributed by atoms with Crippen LogP contribution in [0.15, 0.2) is 0 Å². The number of hydrogen-bond acceptors (Lipinski definition) is 3. The SMILES string of the molecule is CC1(C)NC(=O)CN(C2CCOC2C2CC2)C1=O. The van der Waals surface area contributed by atoms with Crippen molar-refractivity contribution in [2.75, 3.05) is 13.2 Å². The number of amides is 2. The van der Waals surface area contributed by atoms with Crippen molar-refractivity contribution < 1.29 is 14.3 Å². The van der Waals surface area contributed by atoms with Crippen LogP contribution in [0.2, 0.25) is 0 Å². The van der Waals surface area contributed by atoms with E-state index < -0.39 is 5.54 Å². The van der Waals surface area contributed by atoms with Crippen LogP contribution in [-0.4, -0.2) is 47.6 Å². The zero-order valence-electron chi connectivity index (χ0n) is 10.9. The number of carbonyl (C=O) groups excluding carboxylic acids is 2. The summed E-state index contributed by atoms with van der Waals surface area (Å²) in [6.45, 7) is 4.42. The van der Waals surface area contributed by atoms with E-state index in [0.29, 0.717) is 12.5 Å². The maximum Gasteiger partial charge on any atom is 0.248 e. The molecule has 2 unspecified atom stereocenters. The van der Waals surface area contributed by atoms with Gasteiger partial charge in [0.15, 0.2) is 0 Å². The van der Waals surface area contributed by atoms with Crippen molar-refractivity contribution in [2.45, 2.75) is 50.8 Å². The molecule has 100 valence electrons. The molecule has 3 aliphatic rings. The van der Waals surface area contributed by atoms with Crippen molar-refractivity contribution >= 4 is 11.8 Å². The molecule has 0 aromatic heterocycles. The van der Waals surface area contributed by atoms with Gasteiger partial charge in [0.25, 0.3) is 0 Å². The van der Waals surface area contributed by atoms with Crippen molar-refractivity contribution in [1.29, 1.82) is 0 Å². The van der Waals surface area contributed by atoms with Crippen LogP contribution < -0.4 is 5.32 Å². The first kappa shape index (κ1) is 12.0. The van der Waals surface area contributed by atoms with Crippen LogP contribution in [0.3, 0.4) is 0 Å². The molecule has 18 heavy (non-hydrogen) atoms. The second-order valence-electron chi connectivity index (χ2n) is 6.14. The molecule has 2 saturated heterocycles. The van der Waals surface area contributed by atoms with E-state index in [4.69, 9.17) is 4.74 Å². The summed E-state index contributed by atoms with van der Waals surface area (Å²) in [6, 6.07) is 0.0929. The first-order valence-corrected chi connectivity index (χ1v) is 6.73. The number of carbonyl (C=O) groups is 2. The van der Waals surface area contributed by atoms with Crippen LogP contribution in [0.1, 0.15) is 33.1 Å². The molecule has 1 N–H and O–H groups in total. The summed E-state index contributed by atoms with van der Waals surface area (Å²) in [5.41, 5.74) is -0.786. The van der Waals surface area contributed by atoms with E-state index in [0.717, 1.165) is 6.42 Å². The van der Waals surface area contributed by atoms with Gasteiger partial charge in [-0.15, -0.1) is 0 Å². The number of nitrogens with zero attached hydrogens (tertiary/aromatic N) is 1. The summed E-state index contributed by atoms with van der Waals surface area (Å²) in [5.74, 6) is 0.544. The van der Waals surface area contributed by atoms with Crippen LogP contribution in [0.4, 0.5) is 0 Å². The molecule has 0 spiro atoms. The monoisotopic (exact) mass is 252 g/mol. The van der Waals surface area contributed by atoms with Crippen LogP contribution in [-0.2, 0) is 14.3 Å². The third-order valence-electron chi connectivity index (χ3n) is 4.15. The van der Waals surface area contributed by atoms with E-state index in [2.05, 4.69) is 5.32 Å². The zero-order valence-corrected chi connectivity index (χ0v) is 10.9. The van der Waals surface area contributed by atoms with Gasteiger partial charge < -0.3 is 15.0 Å². The first-order valence-electron chi connectivity index (χ1n) is 6.73. The predicted molar refractivity (Wildman–Crippen MR) is 64.8 cm³/mol. The number of ether oxygens (including phenoxy) is 1. The van der Waals surface area contributed by atoms with E-state index in [1.54, 1.807) is 18.7 Å². The molecular formula is C13H20N2O3. The van der Waals surface area contributed by atoms with E-state index in [1.807, 2.05) is 0 Å². The molecule has 2 heterocycles. The van der Waals surface area contributed by atoms with Crippen molar-refractivity contribution in [1.82, 2.24) is 10.2 Å². The highest BCUT2D eigenvalue weighted by Crippen LogP contribution is 2.41. The topological polar surface area (TPSA) is 58.6 Å². The smallest absolute Gasteiger partial charge is 0.248 e. The van der Waals surface area contributed by atoms with E-state index in [1.165, 1.54) is 12.8 Å². The number of hydrogen-bond donors (Lipinski definition) is 1. The quantitative estimate of drug-likeness (QED) is 0.768. The Morgan fingerprint density at radius 1 is 1.28 bits per heavy atom. The molecule has 1 saturated carbocycles. The van der Waals surface area contributed by atoms with Crippen molar-refractivity contribution in [2.24, 2.45) is 5.92 Å². The molecule has 2 aliphatic heterocycles. The summed E-state index contributed by atoms with van der Waals surface area (Å²) < 4.78 is 5.77. The lowest BCUT2D eigenvalue weighted by molar-refractivity contribution is -0.152. The summed E-state index contributed by atoms with van der Waals surface area (Å²) in [7, 11) is 0. The Morgan fingerprint density at radius 2 is 2.00 bits per heavy atom. The second-order valence-corrected chi connectivity index (χ2v) is 6.14. The molecular weight excluding hydrogens is 232 g/mol. The Labute approximate surface area is 107 Å². The Hall–Kier alpha value is -1.10. The Bertz CT molecular complexity index is 390. The van der Waals surface area contributed by atoms with Crippen LogP contribution >= 0.6 is 0 Å². The van der Waals surface area contributed by atoms with Gasteiger partial charge in [0.05, 0.1) is 12.1 Å². The zero-order chi connectivity index (χ0) is 12.9. The fraction of sp³-hybridized carbons (Fsp3) is 0.846. The molecule has 0 radical (unpaired) electrons. The van der Waals surface area contributed by atoms with E-state index in [-0.39, 0.29) is 30.5 Å². The highest BCUT2D eigenvalue weighted by Gasteiger charge is 2.49. The minimum atomic E-state index is -0.786. The third-order valence-corrected chi connectivity index (χ3v) is 4.15. The van der Waals surface area contributed by atoms with Gasteiger partial charge in [-0.3, -0.25) is 9.59 Å². The highest BCUT2D eigenvalue weighted by atomic mass is 16.5. The maximum absolute atomic E-state index is 12.4. The van der Waals surface area contributed by atoms with Crippen LogP contribution in [0.5, 0.6) is 0 Å². The second kappa shape index (κ2) is 3.95. The molecule has 0 aromatic rings. The number of nitrogens with one attached hydrogen (secondary N) is 1. The Balaban J connectivity index is 1.81. The third kappa shape index (κ3) is 1.90. The van der Waals surface area contributed by atoms with Gasteiger partial charge in [0, 0.05) is 6.61 Å². The van der Waals surface area contributed by atoms with E-state index in [9.17, 15) is 9.59 Å². The summed E-state index contributed by atoms with van der Waals surface area (Å²) in [5, 5.41) is 2.75. The largest absolute Gasteiger partial charge is 0.376 e.